The molecule has 0 aromatic heterocycles. The third kappa shape index (κ3) is 2.07. The zero-order valence-electron chi connectivity index (χ0n) is 9.00. The van der Waals surface area contributed by atoms with E-state index in [0.717, 1.165) is 13.1 Å². The number of hydrogen-bond acceptors (Lipinski definition) is 2. The highest BCUT2D eigenvalue weighted by Crippen LogP contribution is 2.29. The number of nitrogens with zero attached hydrogens (tertiary/aromatic N) is 1. The van der Waals surface area contributed by atoms with E-state index in [1.807, 2.05) is 0 Å². The van der Waals surface area contributed by atoms with E-state index >= 15 is 0 Å². The van der Waals surface area contributed by atoms with Crippen LogP contribution in [-0.2, 0) is 0 Å². The van der Waals surface area contributed by atoms with E-state index in [0.29, 0.717) is 5.41 Å². The summed E-state index contributed by atoms with van der Waals surface area (Å²) in [5.74, 6) is 0. The Morgan fingerprint density at radius 2 is 2.29 bits per heavy atom. The predicted octanol–water partition coefficient (Wildman–Crippen LogP) is 1.54. The summed E-state index contributed by atoms with van der Waals surface area (Å²) < 4.78 is 0. The summed E-state index contributed by atoms with van der Waals surface area (Å²) in [6.07, 6.45) is 9.14. The first kappa shape index (κ1) is 9.94. The highest BCUT2D eigenvalue weighted by atomic mass is 15.2. The molecule has 2 aliphatic rings. The lowest BCUT2D eigenvalue weighted by molar-refractivity contribution is 0.0308. The van der Waals surface area contributed by atoms with Crippen LogP contribution in [-0.4, -0.2) is 31.1 Å². The van der Waals surface area contributed by atoms with Crippen molar-refractivity contribution in [1.82, 2.24) is 4.90 Å². The number of likely N-dealkylation sites (tertiary alicyclic amines) is 1. The van der Waals surface area contributed by atoms with Crippen LogP contribution in [0.3, 0.4) is 0 Å². The van der Waals surface area contributed by atoms with Gasteiger partial charge in [0.1, 0.15) is 0 Å². The Bertz CT molecular complexity index is 259. The summed E-state index contributed by atoms with van der Waals surface area (Å²) in [6.45, 7) is 6.59. The largest absolute Gasteiger partial charge is 0.330 e. The van der Waals surface area contributed by atoms with Gasteiger partial charge in [-0.3, -0.25) is 4.90 Å². The smallest absolute Gasteiger partial charge is 0.0196 e. The topological polar surface area (TPSA) is 29.3 Å². The van der Waals surface area contributed by atoms with Gasteiger partial charge in [-0.25, -0.2) is 0 Å². The fourth-order valence-corrected chi connectivity index (χ4v) is 2.35. The molecule has 1 aliphatic heterocycles. The molecule has 78 valence electrons. The van der Waals surface area contributed by atoms with Crippen molar-refractivity contribution in [2.24, 2.45) is 11.1 Å². The highest BCUT2D eigenvalue weighted by molar-refractivity contribution is 5.19. The van der Waals surface area contributed by atoms with Crippen molar-refractivity contribution in [3.05, 3.63) is 23.8 Å². The minimum absolute atomic E-state index is 0.394. The highest BCUT2D eigenvalue weighted by Gasteiger charge is 2.37. The molecule has 1 saturated heterocycles. The normalized spacial score (nSPS) is 25.7. The van der Waals surface area contributed by atoms with Gasteiger partial charge < -0.3 is 5.73 Å². The van der Waals surface area contributed by atoms with Crippen molar-refractivity contribution in [2.75, 3.05) is 26.2 Å². The quantitative estimate of drug-likeness (QED) is 0.735. The van der Waals surface area contributed by atoms with Crippen LogP contribution in [0.1, 0.15) is 19.8 Å². The lowest BCUT2D eigenvalue weighted by atomic mass is 9.81. The Morgan fingerprint density at radius 3 is 2.86 bits per heavy atom. The van der Waals surface area contributed by atoms with Gasteiger partial charge in [-0.05, 0) is 12.8 Å². The van der Waals surface area contributed by atoms with Gasteiger partial charge in [0.25, 0.3) is 0 Å². The fraction of sp³-hybridized carbons (Fsp3) is 0.667. The Labute approximate surface area is 86.5 Å². The van der Waals surface area contributed by atoms with E-state index in [9.17, 15) is 0 Å². The van der Waals surface area contributed by atoms with Gasteiger partial charge in [0, 0.05) is 31.6 Å². The van der Waals surface area contributed by atoms with Crippen LogP contribution in [0.15, 0.2) is 23.8 Å². The lowest BCUT2D eigenvalue weighted by Gasteiger charge is -2.48. The second-order valence-corrected chi connectivity index (χ2v) is 4.95. The van der Waals surface area contributed by atoms with Crippen LogP contribution in [0.4, 0.5) is 0 Å². The summed E-state index contributed by atoms with van der Waals surface area (Å²) in [7, 11) is 0. The number of hydrogen-bond donors (Lipinski definition) is 1. The van der Waals surface area contributed by atoms with Crippen molar-refractivity contribution < 1.29 is 0 Å². The summed E-state index contributed by atoms with van der Waals surface area (Å²) >= 11 is 0. The Balaban J connectivity index is 1.78. The van der Waals surface area contributed by atoms with Gasteiger partial charge in [-0.1, -0.05) is 30.7 Å². The third-order valence-electron chi connectivity index (χ3n) is 3.23. The molecule has 2 N–H and O–H groups in total. The number of nitrogens with two attached hydrogens (primary N) is 1. The minimum Gasteiger partial charge on any atom is -0.330 e. The molecule has 1 fully saturated rings. The van der Waals surface area contributed by atoms with Crippen LogP contribution in [0.5, 0.6) is 0 Å². The van der Waals surface area contributed by atoms with Crippen LogP contribution >= 0.6 is 0 Å². The summed E-state index contributed by atoms with van der Waals surface area (Å²) in [5, 5.41) is 0. The second-order valence-electron chi connectivity index (χ2n) is 4.95. The first-order valence-electron chi connectivity index (χ1n) is 5.49. The maximum Gasteiger partial charge on any atom is 0.0196 e. The summed E-state index contributed by atoms with van der Waals surface area (Å²) in [6, 6.07) is 0. The van der Waals surface area contributed by atoms with Crippen LogP contribution in [0.2, 0.25) is 0 Å². The SMILES string of the molecule is CC1(CN)CN(CC2=CC=CCC2)C1. The van der Waals surface area contributed by atoms with Gasteiger partial charge in [0.2, 0.25) is 0 Å². The molecular formula is C12H20N2. The van der Waals surface area contributed by atoms with E-state index in [1.54, 1.807) is 5.57 Å². The first-order chi connectivity index (χ1) is 6.72. The molecule has 0 atom stereocenters. The van der Waals surface area contributed by atoms with Gasteiger partial charge in [-0.15, -0.1) is 0 Å². The average Bonchev–Trinajstić information content (AvgIpc) is 2.17. The van der Waals surface area contributed by atoms with Gasteiger partial charge in [0.15, 0.2) is 0 Å². The molecule has 0 amide bonds. The van der Waals surface area contributed by atoms with Crippen LogP contribution in [0, 0.1) is 5.41 Å². The number of rotatable bonds is 3. The van der Waals surface area contributed by atoms with Crippen LogP contribution in [0.25, 0.3) is 0 Å². The molecule has 2 heteroatoms. The van der Waals surface area contributed by atoms with E-state index in [-0.39, 0.29) is 0 Å². The molecule has 0 saturated carbocycles. The number of allylic oxidation sites excluding steroid dienone is 3. The van der Waals surface area contributed by atoms with E-state index in [1.165, 1.54) is 25.9 Å². The standard InChI is InChI=1S/C12H20N2/c1-12(8-13)9-14(10-12)7-11-5-3-2-4-6-11/h2-3,5H,4,6-10,13H2,1H3. The van der Waals surface area contributed by atoms with Gasteiger partial charge in [-0.2, -0.15) is 0 Å². The second kappa shape index (κ2) is 3.87. The summed E-state index contributed by atoms with van der Waals surface area (Å²) in [4.78, 5) is 2.50. The molecule has 0 bridgehead atoms. The van der Waals surface area contributed by atoms with E-state index in [4.69, 9.17) is 5.73 Å². The maximum atomic E-state index is 5.71. The fourth-order valence-electron chi connectivity index (χ4n) is 2.35. The molecule has 0 unspecified atom stereocenters. The van der Waals surface area contributed by atoms with Crippen LogP contribution < -0.4 is 5.73 Å². The first-order valence-corrected chi connectivity index (χ1v) is 5.49. The zero-order chi connectivity index (χ0) is 10.0. The Morgan fingerprint density at radius 1 is 1.50 bits per heavy atom. The monoisotopic (exact) mass is 192 g/mol. The Kier molecular flexibility index (Phi) is 2.75. The van der Waals surface area contributed by atoms with Crippen molar-refractivity contribution in [1.29, 1.82) is 0 Å². The van der Waals surface area contributed by atoms with Gasteiger partial charge >= 0.3 is 0 Å². The molecule has 0 spiro atoms. The molecule has 1 aliphatic carbocycles. The zero-order valence-corrected chi connectivity index (χ0v) is 9.00. The molecule has 0 aromatic rings. The van der Waals surface area contributed by atoms with Crippen molar-refractivity contribution >= 4 is 0 Å². The molecule has 1 heterocycles. The lowest BCUT2D eigenvalue weighted by Crippen LogP contribution is -2.58. The third-order valence-corrected chi connectivity index (χ3v) is 3.23. The average molecular weight is 192 g/mol. The van der Waals surface area contributed by atoms with E-state index < -0.39 is 0 Å². The summed E-state index contributed by atoms with van der Waals surface area (Å²) in [5.41, 5.74) is 7.68. The molecule has 0 radical (unpaired) electrons. The molecule has 0 aromatic carbocycles. The molecule has 2 rings (SSSR count). The molecule has 14 heavy (non-hydrogen) atoms. The maximum absolute atomic E-state index is 5.71. The minimum atomic E-state index is 0.394. The molecule has 2 nitrogen and oxygen atoms in total. The van der Waals surface area contributed by atoms with E-state index in [2.05, 4.69) is 30.1 Å². The van der Waals surface area contributed by atoms with Crippen molar-refractivity contribution in [3.63, 3.8) is 0 Å². The molecular weight excluding hydrogens is 172 g/mol. The predicted molar refractivity (Wildman–Crippen MR) is 60.1 cm³/mol. The van der Waals surface area contributed by atoms with Gasteiger partial charge in [0.05, 0.1) is 0 Å². The Hall–Kier alpha value is -0.600. The van der Waals surface area contributed by atoms with Crippen molar-refractivity contribution in [3.8, 4) is 0 Å². The van der Waals surface area contributed by atoms with Crippen molar-refractivity contribution in [2.45, 2.75) is 19.8 Å².